The Bertz CT molecular complexity index is 204. The average Bonchev–Trinajstić information content (AvgIpc) is 2.37. The lowest BCUT2D eigenvalue weighted by Crippen LogP contribution is -2.12. The van der Waals surface area contributed by atoms with Crippen molar-refractivity contribution in [1.29, 1.82) is 0 Å². The molecule has 0 N–H and O–H groups in total. The van der Waals surface area contributed by atoms with E-state index in [1.807, 2.05) is 6.92 Å². The van der Waals surface area contributed by atoms with E-state index in [4.69, 9.17) is 0 Å². The van der Waals surface area contributed by atoms with E-state index in [2.05, 4.69) is 6.92 Å². The fourth-order valence-electron chi connectivity index (χ4n) is 2.39. The third-order valence-electron chi connectivity index (χ3n) is 3.56. The van der Waals surface area contributed by atoms with Gasteiger partial charge in [-0.05, 0) is 24.6 Å². The van der Waals surface area contributed by atoms with Crippen LogP contribution in [0.4, 0.5) is 13.2 Å². The molecule has 0 unspecified atom stereocenters. The summed E-state index contributed by atoms with van der Waals surface area (Å²) >= 11 is 0.217. The standard InChI is InChI=1S/C16H31F3S/c1-3-5-7-8-9-10-11-12-14-15(13-6-4-2)20-16(17,18)19/h15H,3-14H2,1-2H3/t15-/m1/s1. The normalized spacial score (nSPS) is 13.7. The smallest absolute Gasteiger partial charge is 0.160 e. The summed E-state index contributed by atoms with van der Waals surface area (Å²) in [7, 11) is 0. The van der Waals surface area contributed by atoms with Crippen LogP contribution >= 0.6 is 11.8 Å². The van der Waals surface area contributed by atoms with Gasteiger partial charge in [-0.15, -0.1) is 0 Å². The molecule has 0 saturated carbocycles. The molecule has 0 saturated heterocycles. The molecule has 0 bridgehead atoms. The maximum Gasteiger partial charge on any atom is 0.442 e. The molecule has 0 aliphatic heterocycles. The van der Waals surface area contributed by atoms with Crippen LogP contribution in [0.5, 0.6) is 0 Å². The van der Waals surface area contributed by atoms with Gasteiger partial charge in [0.1, 0.15) is 0 Å². The topological polar surface area (TPSA) is 0 Å². The van der Waals surface area contributed by atoms with Crippen molar-refractivity contribution >= 4 is 11.8 Å². The van der Waals surface area contributed by atoms with Crippen LogP contribution in [0.15, 0.2) is 0 Å². The average molecular weight is 312 g/mol. The van der Waals surface area contributed by atoms with Gasteiger partial charge in [0.2, 0.25) is 0 Å². The minimum atomic E-state index is -4.07. The molecule has 122 valence electrons. The van der Waals surface area contributed by atoms with Crippen LogP contribution in [0.2, 0.25) is 0 Å². The summed E-state index contributed by atoms with van der Waals surface area (Å²) in [4.78, 5) is 0. The molecular weight excluding hydrogens is 281 g/mol. The Balaban J connectivity index is 3.63. The fourth-order valence-corrected chi connectivity index (χ4v) is 3.34. The number of hydrogen-bond donors (Lipinski definition) is 0. The quantitative estimate of drug-likeness (QED) is 0.321. The molecule has 0 aliphatic rings. The molecule has 4 heteroatoms. The molecule has 0 nitrogen and oxygen atoms in total. The number of thioether (sulfide) groups is 1. The van der Waals surface area contributed by atoms with Gasteiger partial charge in [0.25, 0.3) is 0 Å². The summed E-state index contributed by atoms with van der Waals surface area (Å²) in [5, 5.41) is -0.227. The second-order valence-corrected chi connectivity index (χ2v) is 6.96. The van der Waals surface area contributed by atoms with E-state index in [0.29, 0.717) is 6.42 Å². The first-order valence-electron chi connectivity index (χ1n) is 8.24. The Hall–Kier alpha value is 0.140. The van der Waals surface area contributed by atoms with Crippen LogP contribution < -0.4 is 0 Å². The molecule has 0 rings (SSSR count). The maximum absolute atomic E-state index is 12.4. The first-order chi connectivity index (χ1) is 9.49. The van der Waals surface area contributed by atoms with Crippen LogP contribution in [-0.2, 0) is 0 Å². The van der Waals surface area contributed by atoms with Gasteiger partial charge in [0, 0.05) is 5.25 Å². The maximum atomic E-state index is 12.4. The van der Waals surface area contributed by atoms with Crippen molar-refractivity contribution in [2.75, 3.05) is 0 Å². The Morgan fingerprint density at radius 1 is 0.700 bits per heavy atom. The van der Waals surface area contributed by atoms with Gasteiger partial charge < -0.3 is 0 Å². The van der Waals surface area contributed by atoms with E-state index in [1.54, 1.807) is 0 Å². The summed E-state index contributed by atoms with van der Waals surface area (Å²) in [5.41, 5.74) is -4.07. The van der Waals surface area contributed by atoms with E-state index in [1.165, 1.54) is 38.5 Å². The highest BCUT2D eigenvalue weighted by atomic mass is 32.2. The molecule has 0 heterocycles. The molecule has 0 aromatic heterocycles. The molecule has 1 atom stereocenters. The van der Waals surface area contributed by atoms with Gasteiger partial charge in [0.15, 0.2) is 0 Å². The summed E-state index contributed by atoms with van der Waals surface area (Å²) in [6.07, 6.45) is 12.9. The predicted molar refractivity (Wildman–Crippen MR) is 84.2 cm³/mol. The van der Waals surface area contributed by atoms with E-state index in [9.17, 15) is 13.2 Å². The summed E-state index contributed by atoms with van der Waals surface area (Å²) in [5.74, 6) is 0. The van der Waals surface area contributed by atoms with Gasteiger partial charge in [-0.3, -0.25) is 0 Å². The predicted octanol–water partition coefficient (Wildman–Crippen LogP) is 7.33. The molecule has 0 aliphatic carbocycles. The second-order valence-electron chi connectivity index (χ2n) is 5.59. The first kappa shape index (κ1) is 20.1. The van der Waals surface area contributed by atoms with Crippen LogP contribution in [0.25, 0.3) is 0 Å². The molecule has 0 radical (unpaired) electrons. The van der Waals surface area contributed by atoms with Gasteiger partial charge >= 0.3 is 5.51 Å². The highest BCUT2D eigenvalue weighted by Gasteiger charge is 2.32. The lowest BCUT2D eigenvalue weighted by molar-refractivity contribution is -0.0335. The van der Waals surface area contributed by atoms with Crippen LogP contribution in [0.3, 0.4) is 0 Å². The number of rotatable bonds is 13. The zero-order valence-electron chi connectivity index (χ0n) is 13.1. The van der Waals surface area contributed by atoms with Crippen LogP contribution in [0.1, 0.15) is 90.9 Å². The zero-order chi connectivity index (χ0) is 15.3. The minimum absolute atomic E-state index is 0.217. The minimum Gasteiger partial charge on any atom is -0.160 e. The molecule has 0 fully saturated rings. The molecule has 0 aromatic carbocycles. The first-order valence-corrected chi connectivity index (χ1v) is 9.12. The van der Waals surface area contributed by atoms with Gasteiger partial charge in [-0.2, -0.15) is 13.2 Å². The molecule has 0 amide bonds. The van der Waals surface area contributed by atoms with E-state index in [0.717, 1.165) is 32.1 Å². The van der Waals surface area contributed by atoms with Crippen molar-refractivity contribution in [2.24, 2.45) is 0 Å². The molecule has 0 aromatic rings. The van der Waals surface area contributed by atoms with Crippen LogP contribution in [-0.4, -0.2) is 10.8 Å². The summed E-state index contributed by atoms with van der Waals surface area (Å²) < 4.78 is 37.3. The number of halogens is 3. The number of unbranched alkanes of at least 4 members (excludes halogenated alkanes) is 8. The molecule has 20 heavy (non-hydrogen) atoms. The summed E-state index contributed by atoms with van der Waals surface area (Å²) in [6.45, 7) is 4.24. The monoisotopic (exact) mass is 312 g/mol. The second kappa shape index (κ2) is 12.8. The van der Waals surface area contributed by atoms with Crippen LogP contribution in [0, 0.1) is 0 Å². The van der Waals surface area contributed by atoms with Gasteiger partial charge in [-0.1, -0.05) is 78.1 Å². The third kappa shape index (κ3) is 14.5. The summed E-state index contributed by atoms with van der Waals surface area (Å²) in [6, 6.07) is 0. The fraction of sp³-hybridized carbons (Fsp3) is 1.00. The van der Waals surface area contributed by atoms with E-state index in [-0.39, 0.29) is 17.0 Å². The van der Waals surface area contributed by atoms with Crippen molar-refractivity contribution in [3.05, 3.63) is 0 Å². The van der Waals surface area contributed by atoms with Crippen molar-refractivity contribution in [1.82, 2.24) is 0 Å². The highest BCUT2D eigenvalue weighted by molar-refractivity contribution is 8.00. The van der Waals surface area contributed by atoms with Gasteiger partial charge in [0.05, 0.1) is 0 Å². The lowest BCUT2D eigenvalue weighted by Gasteiger charge is -2.17. The van der Waals surface area contributed by atoms with E-state index >= 15 is 0 Å². The Morgan fingerprint density at radius 2 is 1.15 bits per heavy atom. The number of alkyl halides is 3. The Morgan fingerprint density at radius 3 is 1.65 bits per heavy atom. The van der Waals surface area contributed by atoms with E-state index < -0.39 is 5.51 Å². The number of hydrogen-bond acceptors (Lipinski definition) is 1. The van der Waals surface area contributed by atoms with Crippen molar-refractivity contribution in [2.45, 2.75) is 102 Å². The Labute approximate surface area is 127 Å². The Kier molecular flexibility index (Phi) is 12.9. The van der Waals surface area contributed by atoms with Crippen molar-refractivity contribution in [3.63, 3.8) is 0 Å². The highest BCUT2D eigenvalue weighted by Crippen LogP contribution is 2.38. The van der Waals surface area contributed by atoms with Crippen molar-refractivity contribution < 1.29 is 13.2 Å². The molecular formula is C16H31F3S. The lowest BCUT2D eigenvalue weighted by atomic mass is 10.0. The largest absolute Gasteiger partial charge is 0.442 e. The molecule has 0 spiro atoms. The van der Waals surface area contributed by atoms with Gasteiger partial charge in [-0.25, -0.2) is 0 Å². The zero-order valence-corrected chi connectivity index (χ0v) is 13.9. The van der Waals surface area contributed by atoms with Crippen molar-refractivity contribution in [3.8, 4) is 0 Å². The SMILES string of the molecule is CCCCCCCCCC[C@@H](CCCC)SC(F)(F)F. The third-order valence-corrected chi connectivity index (χ3v) is 4.63.